The average Bonchev–Trinajstić information content (AvgIpc) is 2.52. The van der Waals surface area contributed by atoms with Crippen LogP contribution in [0.25, 0.3) is 0 Å². The Hall–Kier alpha value is -2.29. The molecule has 0 radical (unpaired) electrons. The summed E-state index contributed by atoms with van der Waals surface area (Å²) in [5.74, 6) is 0.286. The van der Waals surface area contributed by atoms with Crippen molar-refractivity contribution in [3.05, 3.63) is 39.9 Å². The zero-order valence-electron chi connectivity index (χ0n) is 15.3. The van der Waals surface area contributed by atoms with E-state index in [0.717, 1.165) is 5.56 Å². The van der Waals surface area contributed by atoms with E-state index in [0.29, 0.717) is 5.75 Å². The zero-order valence-corrected chi connectivity index (χ0v) is 16.1. The molecule has 0 aromatic heterocycles. The van der Waals surface area contributed by atoms with Crippen molar-refractivity contribution in [1.82, 2.24) is 5.32 Å². The molecule has 1 aromatic carbocycles. The number of esters is 1. The highest BCUT2D eigenvalue weighted by Gasteiger charge is 2.25. The molecule has 8 nitrogen and oxygen atoms in total. The smallest absolute Gasteiger partial charge is 0.408 e. The zero-order chi connectivity index (χ0) is 19.7. The van der Waals surface area contributed by atoms with Gasteiger partial charge in [0.05, 0.1) is 11.5 Å². The number of nitro benzene ring substituents is 1. The summed E-state index contributed by atoms with van der Waals surface area (Å²) in [7, 11) is 0. The van der Waals surface area contributed by atoms with E-state index in [1.165, 1.54) is 23.9 Å². The molecule has 0 heterocycles. The Labute approximate surface area is 156 Å². The molecule has 0 bridgehead atoms. The minimum atomic E-state index is -0.840. The number of carbonyl (C=O) groups is 2. The van der Waals surface area contributed by atoms with Crippen LogP contribution in [0.4, 0.5) is 10.5 Å². The van der Waals surface area contributed by atoms with Crippen molar-refractivity contribution in [3.63, 3.8) is 0 Å². The Morgan fingerprint density at radius 2 is 1.88 bits per heavy atom. The number of nitrogens with one attached hydrogen (secondary N) is 1. The molecule has 0 aliphatic carbocycles. The Morgan fingerprint density at radius 1 is 1.27 bits per heavy atom. The lowest BCUT2D eigenvalue weighted by Crippen LogP contribution is -2.45. The van der Waals surface area contributed by atoms with E-state index >= 15 is 0 Å². The average molecular weight is 384 g/mol. The van der Waals surface area contributed by atoms with Gasteiger partial charge >= 0.3 is 12.1 Å². The van der Waals surface area contributed by atoms with Crippen molar-refractivity contribution in [1.29, 1.82) is 0 Å². The predicted molar refractivity (Wildman–Crippen MR) is 99.0 cm³/mol. The van der Waals surface area contributed by atoms with Gasteiger partial charge in [-0.25, -0.2) is 9.59 Å². The first kappa shape index (κ1) is 21.8. The molecule has 1 aromatic rings. The first-order valence-electron chi connectivity index (χ1n) is 8.09. The Balaban J connectivity index is 2.61. The highest BCUT2D eigenvalue weighted by Crippen LogP contribution is 2.18. The van der Waals surface area contributed by atoms with Gasteiger partial charge < -0.3 is 14.8 Å². The van der Waals surface area contributed by atoms with Gasteiger partial charge in [0.25, 0.3) is 5.69 Å². The molecule has 9 heteroatoms. The minimum absolute atomic E-state index is 0.0229. The molecule has 1 amide bonds. The summed E-state index contributed by atoms with van der Waals surface area (Å²) in [4.78, 5) is 34.1. The van der Waals surface area contributed by atoms with Crippen LogP contribution in [0.2, 0.25) is 0 Å². The number of ether oxygens (including phenoxy) is 2. The molecular weight excluding hydrogens is 360 g/mol. The number of benzene rings is 1. The number of carbonyl (C=O) groups excluding carboxylic acids is 2. The van der Waals surface area contributed by atoms with Crippen molar-refractivity contribution < 1.29 is 24.0 Å². The quantitative estimate of drug-likeness (QED) is 0.416. The maximum absolute atomic E-state index is 12.0. The van der Waals surface area contributed by atoms with Gasteiger partial charge in [-0.3, -0.25) is 10.1 Å². The van der Waals surface area contributed by atoms with Gasteiger partial charge in [0, 0.05) is 23.6 Å². The number of amides is 1. The number of hydrogen-bond donors (Lipinski definition) is 1. The van der Waals surface area contributed by atoms with Crippen molar-refractivity contribution in [2.24, 2.45) is 0 Å². The van der Waals surface area contributed by atoms with Gasteiger partial charge in [0.2, 0.25) is 0 Å². The topological polar surface area (TPSA) is 108 Å². The normalized spacial score (nSPS) is 12.2. The van der Waals surface area contributed by atoms with Crippen LogP contribution >= 0.6 is 11.8 Å². The summed E-state index contributed by atoms with van der Waals surface area (Å²) in [5.41, 5.74) is 0.227. The molecule has 1 N–H and O–H groups in total. The summed E-state index contributed by atoms with van der Waals surface area (Å²) >= 11 is 1.40. The fraction of sp³-hybridized carbons (Fsp3) is 0.529. The third kappa shape index (κ3) is 8.19. The second-order valence-electron chi connectivity index (χ2n) is 6.39. The van der Waals surface area contributed by atoms with Crippen LogP contribution < -0.4 is 5.32 Å². The van der Waals surface area contributed by atoms with Crippen LogP contribution in [0.3, 0.4) is 0 Å². The third-order valence-corrected chi connectivity index (χ3v) is 4.07. The van der Waals surface area contributed by atoms with Gasteiger partial charge in [-0.15, -0.1) is 0 Å². The minimum Gasteiger partial charge on any atom is -0.464 e. The SMILES string of the molecule is CCOC(=O)[C@H](CSCc1ccc([N+](=O)[O-])cc1)NC(=O)OC(C)(C)C. The Bertz CT molecular complexity index is 627. The van der Waals surface area contributed by atoms with E-state index in [1.807, 2.05) is 0 Å². The molecule has 0 saturated carbocycles. The fourth-order valence-electron chi connectivity index (χ4n) is 1.87. The lowest BCUT2D eigenvalue weighted by Gasteiger charge is -2.22. The van der Waals surface area contributed by atoms with E-state index in [-0.39, 0.29) is 18.0 Å². The predicted octanol–water partition coefficient (Wildman–Crippen LogP) is 3.28. The Morgan fingerprint density at radius 3 is 2.38 bits per heavy atom. The molecule has 0 aliphatic heterocycles. The highest BCUT2D eigenvalue weighted by molar-refractivity contribution is 7.98. The summed E-state index contributed by atoms with van der Waals surface area (Å²) in [6.07, 6.45) is -0.688. The van der Waals surface area contributed by atoms with E-state index in [9.17, 15) is 19.7 Å². The number of nitrogens with zero attached hydrogens (tertiary/aromatic N) is 1. The van der Waals surface area contributed by atoms with Crippen LogP contribution in [0.5, 0.6) is 0 Å². The first-order valence-corrected chi connectivity index (χ1v) is 9.25. The molecular formula is C17H24N2O6S. The fourth-order valence-corrected chi connectivity index (χ4v) is 2.87. The van der Waals surface area contributed by atoms with Gasteiger partial charge in [-0.2, -0.15) is 11.8 Å². The summed E-state index contributed by atoms with van der Waals surface area (Å²) < 4.78 is 10.1. The van der Waals surface area contributed by atoms with Crippen LogP contribution in [0.1, 0.15) is 33.3 Å². The van der Waals surface area contributed by atoms with E-state index < -0.39 is 28.6 Å². The molecule has 1 rings (SSSR count). The van der Waals surface area contributed by atoms with Crippen LogP contribution in [-0.4, -0.2) is 41.0 Å². The van der Waals surface area contributed by atoms with Gasteiger partial charge in [-0.1, -0.05) is 12.1 Å². The standard InChI is InChI=1S/C17H24N2O6S/c1-5-24-15(20)14(18-16(21)25-17(2,3)4)11-26-10-12-6-8-13(9-7-12)19(22)23/h6-9,14H,5,10-11H2,1-4H3,(H,18,21)/t14-/m0/s1. The second-order valence-corrected chi connectivity index (χ2v) is 7.42. The summed E-state index contributed by atoms with van der Waals surface area (Å²) in [6.45, 7) is 7.09. The van der Waals surface area contributed by atoms with E-state index in [2.05, 4.69) is 5.32 Å². The van der Waals surface area contributed by atoms with Crippen molar-refractivity contribution in [2.75, 3.05) is 12.4 Å². The van der Waals surface area contributed by atoms with Crippen molar-refractivity contribution in [2.45, 2.75) is 45.1 Å². The van der Waals surface area contributed by atoms with E-state index in [1.54, 1.807) is 39.8 Å². The molecule has 144 valence electrons. The number of hydrogen-bond acceptors (Lipinski definition) is 7. The molecule has 0 spiro atoms. The van der Waals surface area contributed by atoms with Crippen molar-refractivity contribution >= 4 is 29.5 Å². The molecule has 0 unspecified atom stereocenters. The summed E-state index contributed by atoms with van der Waals surface area (Å²) in [5, 5.41) is 13.2. The molecule has 1 atom stereocenters. The number of alkyl carbamates (subject to hydrolysis) is 1. The first-order chi connectivity index (χ1) is 12.1. The summed E-state index contributed by atoms with van der Waals surface area (Å²) in [6, 6.07) is 5.33. The van der Waals surface area contributed by atoms with Crippen LogP contribution in [-0.2, 0) is 20.0 Å². The third-order valence-electron chi connectivity index (χ3n) is 2.96. The van der Waals surface area contributed by atoms with Gasteiger partial charge in [-0.05, 0) is 33.3 Å². The second kappa shape index (κ2) is 10.0. The maximum Gasteiger partial charge on any atom is 0.408 e. The molecule has 0 aliphatic rings. The number of thioether (sulfide) groups is 1. The lowest BCUT2D eigenvalue weighted by molar-refractivity contribution is -0.384. The molecule has 26 heavy (non-hydrogen) atoms. The largest absolute Gasteiger partial charge is 0.464 e. The van der Waals surface area contributed by atoms with Crippen LogP contribution in [0.15, 0.2) is 24.3 Å². The number of non-ortho nitro benzene ring substituents is 1. The highest BCUT2D eigenvalue weighted by atomic mass is 32.2. The maximum atomic E-state index is 12.0. The number of rotatable bonds is 8. The van der Waals surface area contributed by atoms with Crippen LogP contribution in [0, 0.1) is 10.1 Å². The van der Waals surface area contributed by atoms with Crippen molar-refractivity contribution in [3.8, 4) is 0 Å². The molecule has 0 saturated heterocycles. The van der Waals surface area contributed by atoms with E-state index in [4.69, 9.17) is 9.47 Å². The number of nitro groups is 1. The Kier molecular flexibility index (Phi) is 8.37. The molecule has 0 fully saturated rings. The van der Waals surface area contributed by atoms with Gasteiger partial charge in [0.1, 0.15) is 11.6 Å². The lowest BCUT2D eigenvalue weighted by atomic mass is 10.2. The van der Waals surface area contributed by atoms with Gasteiger partial charge in [0.15, 0.2) is 0 Å². The monoisotopic (exact) mass is 384 g/mol.